The smallest absolute Gasteiger partial charge is 0.191 e. The lowest BCUT2D eigenvalue weighted by atomic mass is 10.1. The molecule has 2 N–H and O–H groups in total. The van der Waals surface area contributed by atoms with Crippen molar-refractivity contribution in [1.29, 1.82) is 0 Å². The molecule has 3 rings (SSSR count). The molecule has 1 aliphatic carbocycles. The summed E-state index contributed by atoms with van der Waals surface area (Å²) >= 11 is 6.12. The molecule has 0 bridgehead atoms. The second-order valence-electron chi connectivity index (χ2n) is 7.22. The minimum absolute atomic E-state index is 0.452. The van der Waals surface area contributed by atoms with E-state index in [4.69, 9.17) is 16.3 Å². The summed E-state index contributed by atoms with van der Waals surface area (Å²) in [6.45, 7) is 6.95. The van der Waals surface area contributed by atoms with E-state index in [2.05, 4.69) is 39.6 Å². The van der Waals surface area contributed by atoms with Crippen molar-refractivity contribution in [2.75, 3.05) is 39.9 Å². The van der Waals surface area contributed by atoms with E-state index < -0.39 is 0 Å². The number of nitrogens with zero attached hydrogens (tertiary/aromatic N) is 2. The molecule has 0 spiro atoms. The number of piperidine rings is 1. The molecule has 2 fully saturated rings. The fourth-order valence-electron chi connectivity index (χ4n) is 3.64. The second-order valence-corrected chi connectivity index (χ2v) is 7.66. The van der Waals surface area contributed by atoms with Crippen molar-refractivity contribution in [1.82, 2.24) is 15.5 Å². The van der Waals surface area contributed by atoms with Gasteiger partial charge in [-0.2, -0.15) is 0 Å². The van der Waals surface area contributed by atoms with Crippen LogP contribution in [0.5, 0.6) is 0 Å². The van der Waals surface area contributed by atoms with Crippen LogP contribution in [0.3, 0.4) is 0 Å². The van der Waals surface area contributed by atoms with Gasteiger partial charge in [0.1, 0.15) is 0 Å². The number of methoxy groups -OCH3 is 1. The van der Waals surface area contributed by atoms with E-state index in [1.54, 1.807) is 7.11 Å². The van der Waals surface area contributed by atoms with Gasteiger partial charge in [-0.3, -0.25) is 4.99 Å². The van der Waals surface area contributed by atoms with Gasteiger partial charge in [0, 0.05) is 56.3 Å². The molecule has 144 valence electrons. The second kappa shape index (κ2) is 9.58. The number of rotatable bonds is 7. The minimum Gasteiger partial charge on any atom is -0.383 e. The maximum atomic E-state index is 6.12. The molecule has 0 aromatic heterocycles. The Labute approximate surface area is 162 Å². The van der Waals surface area contributed by atoms with Crippen LogP contribution in [0, 0.1) is 0 Å². The summed E-state index contributed by atoms with van der Waals surface area (Å²) in [5, 5.41) is 8.07. The molecule has 1 heterocycles. The zero-order valence-electron chi connectivity index (χ0n) is 15.9. The number of halogens is 1. The zero-order valence-corrected chi connectivity index (χ0v) is 16.6. The van der Waals surface area contributed by atoms with Crippen molar-refractivity contribution in [3.63, 3.8) is 0 Å². The molecule has 5 nitrogen and oxygen atoms in total. The van der Waals surface area contributed by atoms with Crippen LogP contribution < -0.4 is 10.6 Å². The molecule has 0 radical (unpaired) electrons. The van der Waals surface area contributed by atoms with Crippen molar-refractivity contribution in [2.24, 2.45) is 4.99 Å². The first-order valence-electron chi connectivity index (χ1n) is 9.74. The van der Waals surface area contributed by atoms with Gasteiger partial charge in [-0.1, -0.05) is 23.7 Å². The van der Waals surface area contributed by atoms with Crippen LogP contribution in [0.2, 0.25) is 5.02 Å². The first-order chi connectivity index (χ1) is 12.7. The zero-order chi connectivity index (χ0) is 18.4. The van der Waals surface area contributed by atoms with Gasteiger partial charge in [-0.05, 0) is 43.9 Å². The van der Waals surface area contributed by atoms with Crippen LogP contribution in [-0.4, -0.2) is 62.8 Å². The van der Waals surface area contributed by atoms with Crippen molar-refractivity contribution >= 4 is 17.6 Å². The number of ether oxygens (including phenoxy) is 1. The third kappa shape index (κ3) is 5.60. The van der Waals surface area contributed by atoms with E-state index in [9.17, 15) is 0 Å². The Morgan fingerprint density at radius 1 is 1.31 bits per heavy atom. The van der Waals surface area contributed by atoms with Crippen molar-refractivity contribution in [3.05, 3.63) is 34.9 Å². The minimum atomic E-state index is 0.452. The Balaban J connectivity index is 1.46. The van der Waals surface area contributed by atoms with Crippen LogP contribution in [0.15, 0.2) is 29.3 Å². The number of hydrogen-bond donors (Lipinski definition) is 2. The van der Waals surface area contributed by atoms with Crippen molar-refractivity contribution < 1.29 is 4.74 Å². The monoisotopic (exact) mass is 378 g/mol. The van der Waals surface area contributed by atoms with Gasteiger partial charge in [0.2, 0.25) is 0 Å². The van der Waals surface area contributed by atoms with Crippen molar-refractivity contribution in [3.8, 4) is 0 Å². The summed E-state index contributed by atoms with van der Waals surface area (Å²) < 4.78 is 5.18. The predicted octanol–water partition coefficient (Wildman–Crippen LogP) is 2.86. The summed E-state index contributed by atoms with van der Waals surface area (Å²) in [7, 11) is 1.77. The lowest BCUT2D eigenvalue weighted by molar-refractivity contribution is 0.128. The molecular weight excluding hydrogens is 348 g/mol. The number of hydrogen-bond acceptors (Lipinski definition) is 3. The molecule has 2 aliphatic rings. The Kier molecular flexibility index (Phi) is 7.17. The fraction of sp³-hybridized carbons (Fsp3) is 0.650. The number of benzene rings is 1. The number of guanidine groups is 1. The van der Waals surface area contributed by atoms with Gasteiger partial charge >= 0.3 is 0 Å². The van der Waals surface area contributed by atoms with Gasteiger partial charge in [0.15, 0.2) is 5.96 Å². The topological polar surface area (TPSA) is 48.9 Å². The highest BCUT2D eigenvalue weighted by Gasteiger charge is 2.39. The predicted molar refractivity (Wildman–Crippen MR) is 108 cm³/mol. The molecule has 1 saturated heterocycles. The van der Waals surface area contributed by atoms with E-state index in [-0.39, 0.29) is 0 Å². The van der Waals surface area contributed by atoms with Crippen LogP contribution in [0.25, 0.3) is 0 Å². The maximum absolute atomic E-state index is 6.12. The quantitative estimate of drug-likeness (QED) is 0.565. The highest BCUT2D eigenvalue weighted by atomic mass is 35.5. The van der Waals surface area contributed by atoms with Gasteiger partial charge < -0.3 is 20.3 Å². The lowest BCUT2D eigenvalue weighted by Gasteiger charge is -2.33. The van der Waals surface area contributed by atoms with E-state index in [1.807, 2.05) is 12.1 Å². The van der Waals surface area contributed by atoms with E-state index in [0.717, 1.165) is 63.0 Å². The molecule has 26 heavy (non-hydrogen) atoms. The summed E-state index contributed by atoms with van der Waals surface area (Å²) in [5.74, 6) is 1.49. The molecule has 1 aromatic carbocycles. The first kappa shape index (κ1) is 19.5. The van der Waals surface area contributed by atoms with Gasteiger partial charge in [-0.15, -0.1) is 0 Å². The lowest BCUT2D eigenvalue weighted by Crippen LogP contribution is -2.49. The summed E-state index contributed by atoms with van der Waals surface area (Å²) in [6.07, 6.45) is 3.44. The Morgan fingerprint density at radius 2 is 2.12 bits per heavy atom. The fourth-order valence-corrected chi connectivity index (χ4v) is 3.84. The van der Waals surface area contributed by atoms with Gasteiger partial charge in [0.05, 0.1) is 6.61 Å². The number of aliphatic imine (C=N–C) groups is 1. The Morgan fingerprint density at radius 3 is 2.81 bits per heavy atom. The molecule has 0 amide bonds. The molecule has 2 atom stereocenters. The summed E-state index contributed by atoms with van der Waals surface area (Å²) in [6, 6.07) is 9.15. The van der Waals surface area contributed by atoms with Crippen LogP contribution >= 0.6 is 11.6 Å². The average molecular weight is 379 g/mol. The van der Waals surface area contributed by atoms with Crippen LogP contribution in [-0.2, 0) is 4.74 Å². The first-order valence-corrected chi connectivity index (χ1v) is 10.1. The largest absolute Gasteiger partial charge is 0.383 e. The standard InChI is InChI=1S/C20H31ClN4O/c1-3-22-20(23-17-7-9-25(10-8-17)11-12-26-2)24-19-14-18(19)15-5-4-6-16(21)13-15/h4-6,13,17-19H,3,7-12,14H2,1-2H3,(H2,22,23,24). The van der Waals surface area contributed by atoms with Crippen LogP contribution in [0.4, 0.5) is 0 Å². The van der Waals surface area contributed by atoms with E-state index in [0.29, 0.717) is 18.0 Å². The van der Waals surface area contributed by atoms with E-state index in [1.165, 1.54) is 5.56 Å². The molecular formula is C20H31ClN4O. The molecule has 2 unspecified atom stereocenters. The Bertz CT molecular complexity index is 601. The third-order valence-corrected chi connectivity index (χ3v) is 5.48. The maximum Gasteiger partial charge on any atom is 0.191 e. The number of nitrogens with one attached hydrogen (secondary N) is 2. The highest BCUT2D eigenvalue weighted by molar-refractivity contribution is 6.30. The summed E-state index contributed by atoms with van der Waals surface area (Å²) in [4.78, 5) is 7.12. The average Bonchev–Trinajstić information content (AvgIpc) is 3.40. The SMILES string of the molecule is CCN=C(NC1CCN(CCOC)CC1)NC1CC1c1cccc(Cl)c1. The van der Waals surface area contributed by atoms with E-state index >= 15 is 0 Å². The third-order valence-electron chi connectivity index (χ3n) is 5.25. The molecule has 1 saturated carbocycles. The molecule has 1 aromatic rings. The van der Waals surface area contributed by atoms with Gasteiger partial charge in [-0.25, -0.2) is 0 Å². The summed E-state index contributed by atoms with van der Waals surface area (Å²) in [5.41, 5.74) is 1.32. The van der Waals surface area contributed by atoms with Gasteiger partial charge in [0.25, 0.3) is 0 Å². The molecule has 6 heteroatoms. The van der Waals surface area contributed by atoms with Crippen LogP contribution in [0.1, 0.15) is 37.7 Å². The Hall–Kier alpha value is -1.30. The normalized spacial score (nSPS) is 24.5. The number of likely N-dealkylation sites (tertiary alicyclic amines) is 1. The van der Waals surface area contributed by atoms with Crippen molar-refractivity contribution in [2.45, 2.75) is 44.2 Å². The highest BCUT2D eigenvalue weighted by Crippen LogP contribution is 2.41. The molecule has 1 aliphatic heterocycles.